The van der Waals surface area contributed by atoms with Gasteiger partial charge in [-0.1, -0.05) is 0 Å². The molecule has 0 aliphatic carbocycles. The second kappa shape index (κ2) is 7.58. The van der Waals surface area contributed by atoms with Crippen LogP contribution in [0, 0.1) is 0 Å². The van der Waals surface area contributed by atoms with Gasteiger partial charge in [-0.3, -0.25) is 19.9 Å². The monoisotopic (exact) mass is 394 g/mol. The molecule has 1 aliphatic rings. The Balaban J connectivity index is 1.63. The number of fused-ring (bicyclic) bond motifs is 1. The van der Waals surface area contributed by atoms with Gasteiger partial charge in [-0.05, 0) is 24.3 Å². The average Bonchev–Trinajstić information content (AvgIpc) is 3.17. The lowest BCUT2D eigenvalue weighted by molar-refractivity contribution is -0.125. The molecule has 0 spiro atoms. The van der Waals surface area contributed by atoms with E-state index < -0.39 is 11.9 Å². The van der Waals surface area contributed by atoms with Crippen LogP contribution < -0.4 is 20.1 Å². The highest BCUT2D eigenvalue weighted by Crippen LogP contribution is 2.31. The molecule has 2 aromatic heterocycles. The van der Waals surface area contributed by atoms with Gasteiger partial charge in [0.1, 0.15) is 17.5 Å². The molecule has 0 radical (unpaired) electrons. The van der Waals surface area contributed by atoms with Crippen molar-refractivity contribution in [2.24, 2.45) is 0 Å². The average molecular weight is 394 g/mol. The Kier molecular flexibility index (Phi) is 4.82. The lowest BCUT2D eigenvalue weighted by Gasteiger charge is -2.23. The number of hydrogen-bond acceptors (Lipinski definition) is 7. The Morgan fingerprint density at radius 2 is 2.14 bits per heavy atom. The largest absolute Gasteiger partial charge is 0.497 e. The van der Waals surface area contributed by atoms with Gasteiger partial charge in [-0.15, -0.1) is 5.10 Å². The van der Waals surface area contributed by atoms with E-state index in [2.05, 4.69) is 25.7 Å². The number of nitrogens with one attached hydrogen (secondary N) is 2. The molecule has 3 heterocycles. The summed E-state index contributed by atoms with van der Waals surface area (Å²) >= 11 is 0. The molecule has 0 saturated heterocycles. The second-order valence-electron chi connectivity index (χ2n) is 6.27. The first-order valence-corrected chi connectivity index (χ1v) is 8.78. The molecule has 2 amide bonds. The number of amides is 2. The second-order valence-corrected chi connectivity index (χ2v) is 6.27. The number of benzene rings is 1. The summed E-state index contributed by atoms with van der Waals surface area (Å²) in [6.45, 7) is 0. The van der Waals surface area contributed by atoms with E-state index in [0.717, 1.165) is 0 Å². The Labute approximate surface area is 165 Å². The number of carbonyl (C=O) groups is 2. The highest BCUT2D eigenvalue weighted by molar-refractivity contribution is 6.01. The van der Waals surface area contributed by atoms with Crippen LogP contribution in [0.25, 0.3) is 11.4 Å². The van der Waals surface area contributed by atoms with E-state index in [4.69, 9.17) is 9.47 Å². The fraction of sp³-hybridized carbons (Fsp3) is 0.211. The molecule has 0 fully saturated rings. The minimum Gasteiger partial charge on any atom is -0.497 e. The number of nitrogens with zero attached hydrogens (tertiary/aromatic N) is 4. The van der Waals surface area contributed by atoms with Crippen molar-refractivity contribution in [3.63, 3.8) is 0 Å². The van der Waals surface area contributed by atoms with Gasteiger partial charge in [0.05, 0.1) is 26.3 Å². The molecular weight excluding hydrogens is 376 g/mol. The molecule has 3 aromatic rings. The minimum absolute atomic E-state index is 0.0624. The van der Waals surface area contributed by atoms with Crippen LogP contribution in [0.15, 0.2) is 42.7 Å². The van der Waals surface area contributed by atoms with Gasteiger partial charge < -0.3 is 14.8 Å². The summed E-state index contributed by atoms with van der Waals surface area (Å²) in [7, 11) is 3.04. The molecule has 1 unspecified atom stereocenters. The first-order chi connectivity index (χ1) is 14.1. The van der Waals surface area contributed by atoms with E-state index in [0.29, 0.717) is 28.6 Å². The molecule has 148 valence electrons. The number of rotatable bonds is 5. The molecule has 0 bridgehead atoms. The van der Waals surface area contributed by atoms with Crippen LogP contribution >= 0.6 is 0 Å². The van der Waals surface area contributed by atoms with Crippen LogP contribution in [-0.4, -0.2) is 45.8 Å². The van der Waals surface area contributed by atoms with Gasteiger partial charge in [-0.25, -0.2) is 4.68 Å². The normalized spacial score (nSPS) is 15.2. The van der Waals surface area contributed by atoms with E-state index in [1.165, 1.54) is 11.8 Å². The summed E-state index contributed by atoms with van der Waals surface area (Å²) in [6, 6.07) is 7.73. The van der Waals surface area contributed by atoms with Crippen LogP contribution in [0.3, 0.4) is 0 Å². The Morgan fingerprint density at radius 3 is 2.86 bits per heavy atom. The van der Waals surface area contributed by atoms with Gasteiger partial charge in [0.25, 0.3) is 0 Å². The van der Waals surface area contributed by atoms with Gasteiger partial charge >= 0.3 is 0 Å². The fourth-order valence-corrected chi connectivity index (χ4v) is 3.00. The number of hydrogen-bond donors (Lipinski definition) is 2. The molecule has 1 aliphatic heterocycles. The number of anilines is 2. The van der Waals surface area contributed by atoms with Crippen molar-refractivity contribution >= 4 is 23.5 Å². The number of ether oxygens (including phenoxy) is 2. The number of carbonyl (C=O) groups excluding carboxylic acids is 2. The fourth-order valence-electron chi connectivity index (χ4n) is 3.00. The van der Waals surface area contributed by atoms with Gasteiger partial charge in [-0.2, -0.15) is 4.98 Å². The summed E-state index contributed by atoms with van der Waals surface area (Å²) in [5.74, 6) is 0.887. The zero-order chi connectivity index (χ0) is 20.4. The lowest BCUT2D eigenvalue weighted by atomic mass is 10.1. The summed E-state index contributed by atoms with van der Waals surface area (Å²) in [4.78, 5) is 33.5. The quantitative estimate of drug-likeness (QED) is 0.678. The summed E-state index contributed by atoms with van der Waals surface area (Å²) in [5, 5.41) is 9.85. The molecule has 0 saturated carbocycles. The highest BCUT2D eigenvalue weighted by Gasteiger charge is 2.33. The molecule has 1 atom stereocenters. The van der Waals surface area contributed by atoms with Crippen molar-refractivity contribution < 1.29 is 19.1 Å². The van der Waals surface area contributed by atoms with Crippen molar-refractivity contribution in [3.05, 3.63) is 42.7 Å². The van der Waals surface area contributed by atoms with Crippen molar-refractivity contribution in [2.45, 2.75) is 12.5 Å². The zero-order valence-electron chi connectivity index (χ0n) is 15.7. The van der Waals surface area contributed by atoms with E-state index in [1.807, 2.05) is 0 Å². The summed E-state index contributed by atoms with van der Waals surface area (Å²) < 4.78 is 11.9. The van der Waals surface area contributed by atoms with Gasteiger partial charge in [0.15, 0.2) is 5.82 Å². The maximum atomic E-state index is 13.0. The van der Waals surface area contributed by atoms with Crippen LogP contribution in [-0.2, 0) is 9.59 Å². The summed E-state index contributed by atoms with van der Waals surface area (Å²) in [6.07, 6.45) is 3.19. The standard InChI is InChI=1S/C19H18N6O4/c1-28-12-5-6-13(15(8-12)29-2)21-18(27)14-9-16(26)22-19-23-17(24-25(14)19)11-4-3-7-20-10-11/h3-8,10,14H,9H2,1-2H3,(H,21,27)(H,22,23,24,26). The molecule has 1 aromatic carbocycles. The molecular formula is C19H18N6O4. The Hall–Kier alpha value is -3.95. The lowest BCUT2D eigenvalue weighted by Crippen LogP contribution is -2.36. The Morgan fingerprint density at radius 1 is 1.28 bits per heavy atom. The predicted octanol–water partition coefficient (Wildman–Crippen LogP) is 1.88. The van der Waals surface area contributed by atoms with E-state index in [-0.39, 0.29) is 18.3 Å². The smallest absolute Gasteiger partial charge is 0.250 e. The summed E-state index contributed by atoms with van der Waals surface area (Å²) in [5.41, 5.74) is 1.14. The van der Waals surface area contributed by atoms with E-state index in [1.54, 1.807) is 49.8 Å². The molecule has 29 heavy (non-hydrogen) atoms. The van der Waals surface area contributed by atoms with Gasteiger partial charge in [0, 0.05) is 24.0 Å². The van der Waals surface area contributed by atoms with E-state index in [9.17, 15) is 9.59 Å². The van der Waals surface area contributed by atoms with Crippen molar-refractivity contribution in [1.82, 2.24) is 19.7 Å². The molecule has 10 nitrogen and oxygen atoms in total. The third-order valence-corrected chi connectivity index (χ3v) is 4.45. The van der Waals surface area contributed by atoms with Crippen LogP contribution in [0.5, 0.6) is 11.5 Å². The van der Waals surface area contributed by atoms with Crippen LogP contribution in [0.2, 0.25) is 0 Å². The molecule has 10 heteroatoms. The minimum atomic E-state index is -0.858. The Bertz CT molecular complexity index is 1070. The molecule has 2 N–H and O–H groups in total. The van der Waals surface area contributed by atoms with Crippen molar-refractivity contribution in [2.75, 3.05) is 24.9 Å². The number of aromatic nitrogens is 4. The van der Waals surface area contributed by atoms with Crippen LogP contribution in [0.1, 0.15) is 12.5 Å². The maximum Gasteiger partial charge on any atom is 0.250 e. The first kappa shape index (κ1) is 18.4. The predicted molar refractivity (Wildman–Crippen MR) is 104 cm³/mol. The third kappa shape index (κ3) is 3.59. The van der Waals surface area contributed by atoms with Crippen molar-refractivity contribution in [1.29, 1.82) is 0 Å². The van der Waals surface area contributed by atoms with E-state index >= 15 is 0 Å². The third-order valence-electron chi connectivity index (χ3n) is 4.45. The molecule has 4 rings (SSSR count). The SMILES string of the molecule is COc1ccc(NC(=O)C2CC(=O)Nc3nc(-c4cccnc4)nn32)c(OC)c1. The number of methoxy groups -OCH3 is 2. The number of pyridine rings is 1. The highest BCUT2D eigenvalue weighted by atomic mass is 16.5. The van der Waals surface area contributed by atoms with Gasteiger partial charge in [0.2, 0.25) is 17.8 Å². The maximum absolute atomic E-state index is 13.0. The topological polar surface area (TPSA) is 120 Å². The zero-order valence-corrected chi connectivity index (χ0v) is 15.7. The van der Waals surface area contributed by atoms with Crippen LogP contribution in [0.4, 0.5) is 11.6 Å². The first-order valence-electron chi connectivity index (χ1n) is 8.78. The van der Waals surface area contributed by atoms with Crippen molar-refractivity contribution in [3.8, 4) is 22.9 Å².